The van der Waals surface area contributed by atoms with Crippen molar-refractivity contribution < 1.29 is 23.8 Å². The monoisotopic (exact) mass is 637 g/mol. The zero-order chi connectivity index (χ0) is 29.9. The fraction of sp³-hybridized carbons (Fsp3) is 0.950. The lowest BCUT2D eigenvalue weighted by Gasteiger charge is -2.39. The number of rotatable bonds is 9. The molecular weight excluding hydrogens is 560 g/mol. The molecule has 6 bridgehead atoms. The first-order chi connectivity index (χ1) is 19.2. The van der Waals surface area contributed by atoms with Gasteiger partial charge in [0.25, 0.3) is 0 Å². The van der Waals surface area contributed by atoms with E-state index < -0.39 is 11.7 Å². The number of carbonyl (C=O) groups is 2. The molecule has 0 heterocycles. The first-order valence-electron chi connectivity index (χ1n) is 17.3. The van der Waals surface area contributed by atoms with E-state index in [2.05, 4.69) is 13.8 Å². The minimum absolute atomic E-state index is 0. The maximum absolute atomic E-state index is 12.3. The summed E-state index contributed by atoms with van der Waals surface area (Å²) >= 11 is 0. The van der Waals surface area contributed by atoms with Crippen LogP contribution in [0.15, 0.2) is 0 Å². The lowest BCUT2D eigenvalue weighted by atomic mass is 9.70. The quantitative estimate of drug-likeness (QED) is 0.143. The molecule has 6 saturated carbocycles. The average molecular weight is 637 g/mol. The molecule has 11 atom stereocenters. The van der Waals surface area contributed by atoms with Gasteiger partial charge in [0.2, 0.25) is 0 Å². The Balaban J connectivity index is 0.000000424. The van der Waals surface area contributed by atoms with E-state index in [0.717, 1.165) is 60.2 Å². The topological polar surface area (TPSA) is 61.8 Å². The molecule has 5 heteroatoms. The molecule has 0 aromatic rings. The molecule has 0 aromatic heterocycles. The summed E-state index contributed by atoms with van der Waals surface area (Å²) in [4.78, 5) is 24.5. The van der Waals surface area contributed by atoms with E-state index in [9.17, 15) is 9.59 Å². The zero-order valence-corrected chi connectivity index (χ0v) is 27.7. The third kappa shape index (κ3) is 8.14. The molecule has 6 fully saturated rings. The van der Waals surface area contributed by atoms with Crippen molar-refractivity contribution in [2.24, 2.45) is 64.1 Å². The molecule has 6 aliphatic rings. The molecule has 0 N–H and O–H groups in total. The fourth-order valence-electron chi connectivity index (χ4n) is 10.1. The molecule has 45 heavy (non-hydrogen) atoms. The van der Waals surface area contributed by atoms with Gasteiger partial charge in [0.1, 0.15) is 5.60 Å². The van der Waals surface area contributed by atoms with Crippen LogP contribution in [0.1, 0.15) is 163 Å². The fourth-order valence-corrected chi connectivity index (χ4v) is 10.1. The minimum atomic E-state index is -0.415. The predicted molar refractivity (Wildman–Crippen MR) is 189 cm³/mol. The van der Waals surface area contributed by atoms with Gasteiger partial charge < -0.3 is 14.2 Å². The first kappa shape index (κ1) is 41.9. The summed E-state index contributed by atoms with van der Waals surface area (Å²) in [5, 5.41) is 0. The van der Waals surface area contributed by atoms with E-state index in [1.165, 1.54) is 57.8 Å². The molecule has 5 nitrogen and oxygen atoms in total. The van der Waals surface area contributed by atoms with Crippen LogP contribution in [0, 0.1) is 64.1 Å². The van der Waals surface area contributed by atoms with Crippen LogP contribution in [0.5, 0.6) is 0 Å². The van der Waals surface area contributed by atoms with Gasteiger partial charge in [0, 0.05) is 5.92 Å². The van der Waals surface area contributed by atoms with Gasteiger partial charge in [0.15, 0.2) is 6.29 Å². The van der Waals surface area contributed by atoms with E-state index in [-0.39, 0.29) is 52.7 Å². The summed E-state index contributed by atoms with van der Waals surface area (Å²) in [5.74, 6) is 7.67. The van der Waals surface area contributed by atoms with Crippen LogP contribution < -0.4 is 0 Å². The van der Waals surface area contributed by atoms with Crippen molar-refractivity contribution in [3.8, 4) is 0 Å². The number of fused-ring (bicyclic) bond motifs is 11. The van der Waals surface area contributed by atoms with Gasteiger partial charge in [-0.25, -0.2) is 0 Å². The van der Waals surface area contributed by atoms with Crippen LogP contribution >= 0.6 is 0 Å². The molecule has 266 valence electrons. The summed E-state index contributed by atoms with van der Waals surface area (Å²) in [6.07, 6.45) is 13.9. The predicted octanol–water partition coefficient (Wildman–Crippen LogP) is 11.1. The maximum atomic E-state index is 12.3. The molecular formula is C40H76O5. The number of hydrogen-bond acceptors (Lipinski definition) is 5. The largest absolute Gasteiger partial charge is 0.459 e. The standard InChI is InChI=1S/C20H32O3.C16H28O2.4CH4/c1-5-20(3,4)19(21)23-11(2)22-16-10-14-9-15(16)18-13-7-6-12(8-13)17(14)18;1-6-15(2,3)14(17)18-16(4,5)13-10-11-7-8-12(13)9-11;;;;/h11-18H,5-10H2,1-4H3;11-13H,6-10H2,1-5H3;4*1H4. The third-order valence-electron chi connectivity index (χ3n) is 13.2. The Morgan fingerprint density at radius 3 is 1.76 bits per heavy atom. The SMILES string of the molecule is C.C.C.C.CCC(C)(C)C(=O)OC(C)(C)C1CC2CCC1C2.CCC(C)(C)C(=O)OC(C)OC1CC2CC1C1C3CCC(C3)C21. The van der Waals surface area contributed by atoms with Gasteiger partial charge in [-0.1, -0.05) is 50.0 Å². The van der Waals surface area contributed by atoms with Crippen molar-refractivity contribution in [3.63, 3.8) is 0 Å². The van der Waals surface area contributed by atoms with Crippen molar-refractivity contribution in [1.82, 2.24) is 0 Å². The third-order valence-corrected chi connectivity index (χ3v) is 13.2. The lowest BCUT2D eigenvalue weighted by molar-refractivity contribution is -0.201. The normalized spacial score (nSPS) is 35.8. The zero-order valence-electron chi connectivity index (χ0n) is 27.7. The second-order valence-electron chi connectivity index (χ2n) is 16.8. The molecule has 0 aromatic carbocycles. The van der Waals surface area contributed by atoms with Crippen molar-refractivity contribution in [2.75, 3.05) is 0 Å². The molecule has 6 aliphatic carbocycles. The second kappa shape index (κ2) is 15.4. The number of hydrogen-bond donors (Lipinski definition) is 0. The van der Waals surface area contributed by atoms with Crippen LogP contribution in [0.2, 0.25) is 0 Å². The molecule has 0 saturated heterocycles. The van der Waals surface area contributed by atoms with Crippen LogP contribution in [-0.4, -0.2) is 29.9 Å². The van der Waals surface area contributed by atoms with Crippen molar-refractivity contribution in [3.05, 3.63) is 0 Å². The molecule has 0 spiro atoms. The van der Waals surface area contributed by atoms with E-state index in [1.807, 2.05) is 48.5 Å². The molecule has 0 aliphatic heterocycles. The first-order valence-corrected chi connectivity index (χ1v) is 17.3. The molecule has 0 amide bonds. The van der Waals surface area contributed by atoms with Crippen molar-refractivity contribution in [1.29, 1.82) is 0 Å². The van der Waals surface area contributed by atoms with Crippen LogP contribution in [0.25, 0.3) is 0 Å². The van der Waals surface area contributed by atoms with Gasteiger partial charge in [-0.3, -0.25) is 9.59 Å². The lowest BCUT2D eigenvalue weighted by Crippen LogP contribution is -2.42. The number of carbonyl (C=O) groups excluding carboxylic acids is 2. The highest BCUT2D eigenvalue weighted by atomic mass is 16.7. The highest BCUT2D eigenvalue weighted by Gasteiger charge is 2.62. The molecule has 0 radical (unpaired) electrons. The second-order valence-corrected chi connectivity index (χ2v) is 16.8. The Kier molecular flexibility index (Phi) is 14.4. The van der Waals surface area contributed by atoms with E-state index in [1.54, 1.807) is 0 Å². The van der Waals surface area contributed by atoms with Crippen LogP contribution in [-0.2, 0) is 23.8 Å². The van der Waals surface area contributed by atoms with E-state index in [0.29, 0.717) is 12.0 Å². The van der Waals surface area contributed by atoms with Crippen LogP contribution in [0.4, 0.5) is 0 Å². The molecule has 11 unspecified atom stereocenters. The summed E-state index contributed by atoms with van der Waals surface area (Å²) in [6, 6.07) is 0. The summed E-state index contributed by atoms with van der Waals surface area (Å²) in [7, 11) is 0. The van der Waals surface area contributed by atoms with Crippen LogP contribution in [0.3, 0.4) is 0 Å². The van der Waals surface area contributed by atoms with Gasteiger partial charge in [-0.2, -0.15) is 0 Å². The van der Waals surface area contributed by atoms with Crippen molar-refractivity contribution >= 4 is 11.9 Å². The Labute approximate surface area is 280 Å². The maximum Gasteiger partial charge on any atom is 0.313 e. The number of ether oxygens (including phenoxy) is 3. The average Bonchev–Trinajstić information content (AvgIpc) is 3.76. The highest BCUT2D eigenvalue weighted by Crippen LogP contribution is 2.67. The highest BCUT2D eigenvalue weighted by molar-refractivity contribution is 5.76. The van der Waals surface area contributed by atoms with Gasteiger partial charge in [-0.05, 0) is 160 Å². The van der Waals surface area contributed by atoms with Gasteiger partial charge in [0.05, 0.1) is 16.9 Å². The summed E-state index contributed by atoms with van der Waals surface area (Å²) < 4.78 is 17.7. The Hall–Kier alpha value is -1.10. The van der Waals surface area contributed by atoms with E-state index in [4.69, 9.17) is 14.2 Å². The summed E-state index contributed by atoms with van der Waals surface area (Å²) in [6.45, 7) is 18.0. The Morgan fingerprint density at radius 1 is 0.667 bits per heavy atom. The molecule has 6 rings (SSSR count). The minimum Gasteiger partial charge on any atom is -0.459 e. The number of esters is 2. The van der Waals surface area contributed by atoms with E-state index >= 15 is 0 Å². The Morgan fingerprint density at radius 2 is 1.22 bits per heavy atom. The van der Waals surface area contributed by atoms with Gasteiger partial charge in [-0.15, -0.1) is 0 Å². The summed E-state index contributed by atoms with van der Waals surface area (Å²) in [5.41, 5.74) is -1.06. The smallest absolute Gasteiger partial charge is 0.313 e. The van der Waals surface area contributed by atoms with Crippen molar-refractivity contribution in [2.45, 2.75) is 181 Å². The van der Waals surface area contributed by atoms with Gasteiger partial charge >= 0.3 is 11.9 Å². The Bertz CT molecular complexity index is 968.